The monoisotopic (exact) mass is 512 g/mol. The summed E-state index contributed by atoms with van der Waals surface area (Å²) in [6, 6.07) is 8.64. The summed E-state index contributed by atoms with van der Waals surface area (Å²) in [4.78, 5) is 34.7. The molecule has 0 bridgehead atoms. The van der Waals surface area contributed by atoms with Gasteiger partial charge in [0.1, 0.15) is 17.2 Å². The van der Waals surface area contributed by atoms with Crippen molar-refractivity contribution in [3.63, 3.8) is 0 Å². The van der Waals surface area contributed by atoms with E-state index in [0.29, 0.717) is 24.6 Å². The van der Waals surface area contributed by atoms with Gasteiger partial charge in [-0.25, -0.2) is 19.6 Å². The lowest BCUT2D eigenvalue weighted by atomic mass is 9.89. The maximum absolute atomic E-state index is 13.0. The molecule has 1 aromatic heterocycles. The Hall–Kier alpha value is -3.38. The van der Waals surface area contributed by atoms with Gasteiger partial charge in [-0.05, 0) is 57.2 Å². The zero-order valence-corrected chi connectivity index (χ0v) is 21.7. The van der Waals surface area contributed by atoms with E-state index in [9.17, 15) is 9.59 Å². The molecule has 0 radical (unpaired) electrons. The average molecular weight is 513 g/mol. The van der Waals surface area contributed by atoms with Crippen molar-refractivity contribution in [1.29, 1.82) is 5.26 Å². The first kappa shape index (κ1) is 27.2. The van der Waals surface area contributed by atoms with Crippen LogP contribution in [0.3, 0.4) is 0 Å². The summed E-state index contributed by atoms with van der Waals surface area (Å²) >= 11 is 6.77. The molecule has 2 aromatic rings. The lowest BCUT2D eigenvalue weighted by molar-refractivity contribution is 0.0178. The van der Waals surface area contributed by atoms with Crippen LogP contribution in [-0.4, -0.2) is 44.6 Å². The van der Waals surface area contributed by atoms with Crippen LogP contribution in [-0.2, 0) is 11.2 Å². The first-order chi connectivity index (χ1) is 17.1. The van der Waals surface area contributed by atoms with Crippen LogP contribution in [0.4, 0.5) is 21.1 Å². The number of aromatic nitrogens is 2. The number of halogens is 1. The number of nitrogens with one attached hydrogen (secondary N) is 2. The zero-order valence-electron chi connectivity index (χ0n) is 21.0. The summed E-state index contributed by atoms with van der Waals surface area (Å²) in [6.07, 6.45) is 8.44. The Labute approximate surface area is 217 Å². The number of nitrogens with zero attached hydrogens (tertiary/aromatic N) is 4. The number of urea groups is 1. The SMILES string of the molecule is CC(C)(C)OC(=O)N(CC1CCCCC1)C(Cl)Cc1ccc(NC(=O)Nc2cnc(C#N)cn2)cc1. The molecule has 2 N–H and O–H groups in total. The third-order valence-electron chi connectivity index (χ3n) is 5.77. The second-order valence-electron chi connectivity index (χ2n) is 9.95. The zero-order chi connectivity index (χ0) is 26.1. The van der Waals surface area contributed by atoms with Crippen molar-refractivity contribution < 1.29 is 14.3 Å². The van der Waals surface area contributed by atoms with Gasteiger partial charge in [-0.1, -0.05) is 43.0 Å². The molecule has 1 aromatic carbocycles. The average Bonchev–Trinajstić information content (AvgIpc) is 2.83. The molecule has 1 atom stereocenters. The van der Waals surface area contributed by atoms with Gasteiger partial charge in [0, 0.05) is 18.7 Å². The predicted molar refractivity (Wildman–Crippen MR) is 139 cm³/mol. The van der Waals surface area contributed by atoms with E-state index in [2.05, 4.69) is 20.6 Å². The van der Waals surface area contributed by atoms with E-state index in [0.717, 1.165) is 18.4 Å². The minimum Gasteiger partial charge on any atom is -0.444 e. The molecule has 3 amide bonds. The third kappa shape index (κ3) is 8.68. The maximum Gasteiger partial charge on any atom is 0.411 e. The molecule has 0 spiro atoms. The van der Waals surface area contributed by atoms with E-state index in [1.165, 1.54) is 31.7 Å². The van der Waals surface area contributed by atoms with Gasteiger partial charge in [0.05, 0.1) is 12.4 Å². The van der Waals surface area contributed by atoms with Crippen LogP contribution in [0.2, 0.25) is 0 Å². The van der Waals surface area contributed by atoms with Gasteiger partial charge in [-0.2, -0.15) is 5.26 Å². The molecule has 1 aliphatic carbocycles. The number of hydrogen-bond acceptors (Lipinski definition) is 6. The largest absolute Gasteiger partial charge is 0.444 e. The highest BCUT2D eigenvalue weighted by molar-refractivity contribution is 6.21. The van der Waals surface area contributed by atoms with Crippen LogP contribution >= 0.6 is 11.6 Å². The normalized spacial score (nSPS) is 14.9. The topological polar surface area (TPSA) is 120 Å². The van der Waals surface area contributed by atoms with Crippen LogP contribution in [0.15, 0.2) is 36.7 Å². The first-order valence-electron chi connectivity index (χ1n) is 12.2. The number of benzene rings is 1. The van der Waals surface area contributed by atoms with Gasteiger partial charge in [-0.3, -0.25) is 10.2 Å². The summed E-state index contributed by atoms with van der Waals surface area (Å²) in [5, 5.41) is 14.1. The molecule has 1 heterocycles. The number of carbonyl (C=O) groups is 2. The van der Waals surface area contributed by atoms with Crippen molar-refractivity contribution in [2.24, 2.45) is 5.92 Å². The van der Waals surface area contributed by atoms with E-state index in [1.54, 1.807) is 17.0 Å². The highest BCUT2D eigenvalue weighted by Crippen LogP contribution is 2.27. The quantitative estimate of drug-likeness (QED) is 0.351. The number of alkyl halides is 1. The highest BCUT2D eigenvalue weighted by atomic mass is 35.5. The summed E-state index contributed by atoms with van der Waals surface area (Å²) in [5.74, 6) is 0.659. The van der Waals surface area contributed by atoms with Crippen molar-refractivity contribution in [3.8, 4) is 6.07 Å². The van der Waals surface area contributed by atoms with Crippen molar-refractivity contribution in [2.45, 2.75) is 70.4 Å². The number of nitriles is 1. The predicted octanol–water partition coefficient (Wildman–Crippen LogP) is 5.92. The molecule has 1 saturated carbocycles. The second kappa shape index (κ2) is 12.5. The summed E-state index contributed by atoms with van der Waals surface area (Å²) in [5.41, 5.74) is 0.513. The molecular weight excluding hydrogens is 480 g/mol. The molecule has 9 nitrogen and oxygen atoms in total. The van der Waals surface area contributed by atoms with Crippen LogP contribution in [0.1, 0.15) is 64.1 Å². The van der Waals surface area contributed by atoms with Gasteiger partial charge in [0.2, 0.25) is 0 Å². The van der Waals surface area contributed by atoms with Crippen molar-refractivity contribution in [3.05, 3.63) is 47.9 Å². The second-order valence-corrected chi connectivity index (χ2v) is 10.5. The van der Waals surface area contributed by atoms with E-state index in [-0.39, 0.29) is 11.5 Å². The van der Waals surface area contributed by atoms with Crippen molar-refractivity contribution in [2.75, 3.05) is 17.2 Å². The number of anilines is 2. The molecule has 0 aliphatic heterocycles. The Morgan fingerprint density at radius 3 is 2.42 bits per heavy atom. The summed E-state index contributed by atoms with van der Waals surface area (Å²) < 4.78 is 5.65. The van der Waals surface area contributed by atoms with Gasteiger partial charge in [0.15, 0.2) is 11.5 Å². The van der Waals surface area contributed by atoms with Gasteiger partial charge in [0.25, 0.3) is 0 Å². The Kier molecular flexibility index (Phi) is 9.48. The fourth-order valence-electron chi connectivity index (χ4n) is 4.03. The minimum atomic E-state index is -0.601. The molecule has 36 heavy (non-hydrogen) atoms. The highest BCUT2D eigenvalue weighted by Gasteiger charge is 2.30. The van der Waals surface area contributed by atoms with Crippen LogP contribution in [0, 0.1) is 17.2 Å². The molecule has 192 valence electrons. The van der Waals surface area contributed by atoms with Gasteiger partial charge >= 0.3 is 12.1 Å². The van der Waals surface area contributed by atoms with Crippen LogP contribution in [0.5, 0.6) is 0 Å². The first-order valence-corrected chi connectivity index (χ1v) is 12.6. The van der Waals surface area contributed by atoms with Crippen LogP contribution < -0.4 is 10.6 Å². The molecule has 0 saturated heterocycles. The lowest BCUT2D eigenvalue weighted by Gasteiger charge is -2.34. The van der Waals surface area contributed by atoms with Crippen molar-refractivity contribution in [1.82, 2.24) is 14.9 Å². The Morgan fingerprint density at radius 2 is 1.83 bits per heavy atom. The molecule has 10 heteroatoms. The van der Waals surface area contributed by atoms with Gasteiger partial charge < -0.3 is 10.1 Å². The Bertz CT molecular complexity index is 1060. The molecule has 1 fully saturated rings. The number of hydrogen-bond donors (Lipinski definition) is 2. The number of amides is 3. The molecule has 3 rings (SSSR count). The van der Waals surface area contributed by atoms with Crippen molar-refractivity contribution >= 4 is 35.2 Å². The Balaban J connectivity index is 1.59. The molecule has 1 unspecified atom stereocenters. The standard InChI is InChI=1S/C26H33ClN6O3/c1-26(2,3)36-25(35)33(17-19-7-5-4-6-8-19)22(27)13-18-9-11-20(12-10-18)31-24(34)32-23-16-29-21(14-28)15-30-23/h9-12,15-16,19,22H,4-8,13,17H2,1-3H3,(H2,30,31,32,34). The lowest BCUT2D eigenvalue weighted by Crippen LogP contribution is -2.44. The van der Waals surface area contributed by atoms with E-state index >= 15 is 0 Å². The summed E-state index contributed by atoms with van der Waals surface area (Å²) in [7, 11) is 0. The number of ether oxygens (including phenoxy) is 1. The minimum absolute atomic E-state index is 0.165. The molecule has 1 aliphatic rings. The summed E-state index contributed by atoms with van der Waals surface area (Å²) in [6.45, 7) is 6.13. The van der Waals surface area contributed by atoms with Gasteiger partial charge in [-0.15, -0.1) is 0 Å². The third-order valence-corrected chi connectivity index (χ3v) is 6.16. The number of rotatable bonds is 7. The van der Waals surface area contributed by atoms with Crippen LogP contribution in [0.25, 0.3) is 0 Å². The van der Waals surface area contributed by atoms with E-state index in [1.807, 2.05) is 39.0 Å². The smallest absolute Gasteiger partial charge is 0.411 e. The van der Waals surface area contributed by atoms with E-state index in [4.69, 9.17) is 21.6 Å². The molecular formula is C26H33ClN6O3. The Morgan fingerprint density at radius 1 is 1.14 bits per heavy atom. The fraction of sp³-hybridized carbons (Fsp3) is 0.500. The number of carbonyl (C=O) groups excluding carboxylic acids is 2. The fourth-order valence-corrected chi connectivity index (χ4v) is 4.37. The van der Waals surface area contributed by atoms with E-state index < -0.39 is 23.2 Å². The maximum atomic E-state index is 13.0.